The van der Waals surface area contributed by atoms with Crippen molar-refractivity contribution in [2.75, 3.05) is 0 Å². The van der Waals surface area contributed by atoms with E-state index in [-0.39, 0.29) is 0 Å². The van der Waals surface area contributed by atoms with Crippen LogP contribution in [0.15, 0.2) is 23.7 Å². The first-order valence-corrected chi connectivity index (χ1v) is 1.74. The van der Waals surface area contributed by atoms with Crippen molar-refractivity contribution in [3.05, 3.63) is 23.7 Å². The third-order valence-corrected chi connectivity index (χ3v) is 0.311. The van der Waals surface area contributed by atoms with E-state index >= 15 is 0 Å². The molecule has 0 atom stereocenters. The third-order valence-electron chi connectivity index (χ3n) is 0.311. The van der Waals surface area contributed by atoms with Gasteiger partial charge in [0.15, 0.2) is 0 Å². The average molecular weight is 81.1 g/mol. The summed E-state index contributed by atoms with van der Waals surface area (Å²) < 4.78 is 0. The normalized spacial score (nSPS) is 4.83. The fourth-order valence-corrected chi connectivity index (χ4v) is 0.131. The second-order valence-electron chi connectivity index (χ2n) is 0.744. The molecule has 0 aromatic carbocycles. The molecule has 0 radical (unpaired) electrons. The number of rotatable bonds is 0. The van der Waals surface area contributed by atoms with E-state index < -0.39 is 0 Å². The molecule has 2 N–H and O–H groups in total. The van der Waals surface area contributed by atoms with Gasteiger partial charge in [0, 0.05) is 6.20 Å². The molecule has 0 rings (SSSR count). The van der Waals surface area contributed by atoms with Crippen LogP contribution in [0.5, 0.6) is 0 Å². The van der Waals surface area contributed by atoms with Crippen LogP contribution < -0.4 is 5.73 Å². The largest absolute Gasteiger partial charge is 0.398 e. The Labute approximate surface area is 37.5 Å². The minimum Gasteiger partial charge on any atom is -0.398 e. The van der Waals surface area contributed by atoms with E-state index in [1.165, 1.54) is 6.20 Å². The highest BCUT2D eigenvalue weighted by molar-refractivity contribution is 4.80. The van der Waals surface area contributed by atoms with Gasteiger partial charge in [-0.25, -0.2) is 0 Å². The standard InChI is InChI=1S/C5H7N/c1-2-3-4-5-6/h2,5H,6H2,1H3. The Morgan fingerprint density at radius 3 is 2.33 bits per heavy atom. The van der Waals surface area contributed by atoms with Crippen LogP contribution in [0.4, 0.5) is 0 Å². The van der Waals surface area contributed by atoms with Crippen LogP contribution in [0.25, 0.3) is 0 Å². The van der Waals surface area contributed by atoms with E-state index in [1.54, 1.807) is 6.08 Å². The maximum absolute atomic E-state index is 4.90. The molecule has 0 aromatic heterocycles. The summed E-state index contributed by atoms with van der Waals surface area (Å²) >= 11 is 0. The van der Waals surface area contributed by atoms with Gasteiger partial charge in [0.1, 0.15) is 0 Å². The summed E-state index contributed by atoms with van der Waals surface area (Å²) in [7, 11) is 0. The summed E-state index contributed by atoms with van der Waals surface area (Å²) in [5, 5.41) is 0. The van der Waals surface area contributed by atoms with E-state index in [2.05, 4.69) is 11.5 Å². The zero-order valence-electron chi connectivity index (χ0n) is 3.73. The van der Waals surface area contributed by atoms with Crippen molar-refractivity contribution in [3.63, 3.8) is 0 Å². The highest BCUT2D eigenvalue weighted by atomic mass is 14.5. The van der Waals surface area contributed by atoms with Gasteiger partial charge in [-0.05, 0) is 13.0 Å². The number of nitrogens with two attached hydrogens (primary N) is 1. The van der Waals surface area contributed by atoms with Crippen LogP contribution in [0, 0.1) is 0 Å². The van der Waals surface area contributed by atoms with Crippen molar-refractivity contribution in [2.24, 2.45) is 5.73 Å². The SMILES string of the molecule is CC=C=C=CN. The summed E-state index contributed by atoms with van der Waals surface area (Å²) in [5.41, 5.74) is 10.1. The van der Waals surface area contributed by atoms with E-state index in [4.69, 9.17) is 5.73 Å². The molecule has 6 heavy (non-hydrogen) atoms. The Hall–Kier alpha value is -0.900. The second-order valence-corrected chi connectivity index (χ2v) is 0.744. The lowest BCUT2D eigenvalue weighted by atomic mass is 10.7. The summed E-state index contributed by atoms with van der Waals surface area (Å²) in [6, 6.07) is 0. The predicted octanol–water partition coefficient (Wildman–Crippen LogP) is 0.789. The summed E-state index contributed by atoms with van der Waals surface area (Å²) in [5.74, 6) is 0. The average Bonchev–Trinajstić information content (AvgIpc) is 1.61. The summed E-state index contributed by atoms with van der Waals surface area (Å²) in [6.45, 7) is 1.86. The molecule has 0 heterocycles. The predicted molar refractivity (Wildman–Crippen MR) is 26.0 cm³/mol. The van der Waals surface area contributed by atoms with Crippen LogP contribution in [0.2, 0.25) is 0 Å². The molecule has 0 bridgehead atoms. The van der Waals surface area contributed by atoms with Gasteiger partial charge >= 0.3 is 0 Å². The zero-order valence-corrected chi connectivity index (χ0v) is 3.73. The third kappa shape index (κ3) is 3.10. The topological polar surface area (TPSA) is 26.0 Å². The highest BCUT2D eigenvalue weighted by Crippen LogP contribution is 1.52. The molecule has 0 aliphatic heterocycles. The van der Waals surface area contributed by atoms with Crippen molar-refractivity contribution in [3.8, 4) is 0 Å². The molecule has 0 spiro atoms. The fraction of sp³-hybridized carbons (Fsp3) is 0.200. The zero-order chi connectivity index (χ0) is 4.83. The minimum absolute atomic E-state index is 1.32. The first-order chi connectivity index (χ1) is 2.91. The van der Waals surface area contributed by atoms with E-state index in [1.807, 2.05) is 6.92 Å². The van der Waals surface area contributed by atoms with Crippen LogP contribution in [0.1, 0.15) is 6.92 Å². The van der Waals surface area contributed by atoms with Gasteiger partial charge in [0.25, 0.3) is 0 Å². The van der Waals surface area contributed by atoms with E-state index in [0.717, 1.165) is 0 Å². The smallest absolute Gasteiger partial charge is 0.0456 e. The van der Waals surface area contributed by atoms with Crippen molar-refractivity contribution in [1.29, 1.82) is 0 Å². The minimum atomic E-state index is 1.32. The van der Waals surface area contributed by atoms with Crippen LogP contribution >= 0.6 is 0 Å². The van der Waals surface area contributed by atoms with Gasteiger partial charge < -0.3 is 5.73 Å². The Morgan fingerprint density at radius 2 is 2.17 bits per heavy atom. The lowest BCUT2D eigenvalue weighted by Gasteiger charge is -1.49. The Kier molecular flexibility index (Phi) is 3.48. The second kappa shape index (κ2) is 4.10. The monoisotopic (exact) mass is 81.1 g/mol. The molecule has 0 unspecified atom stereocenters. The van der Waals surface area contributed by atoms with E-state index in [0.29, 0.717) is 0 Å². The lowest BCUT2D eigenvalue weighted by Crippen LogP contribution is -1.68. The Balaban J connectivity index is 3.79. The van der Waals surface area contributed by atoms with Crippen molar-refractivity contribution in [1.82, 2.24) is 0 Å². The first kappa shape index (κ1) is 5.10. The van der Waals surface area contributed by atoms with Crippen LogP contribution in [0.3, 0.4) is 0 Å². The van der Waals surface area contributed by atoms with Gasteiger partial charge in [0.05, 0.1) is 0 Å². The van der Waals surface area contributed by atoms with Crippen LogP contribution in [-0.2, 0) is 0 Å². The van der Waals surface area contributed by atoms with Crippen molar-refractivity contribution in [2.45, 2.75) is 6.92 Å². The fourth-order valence-electron chi connectivity index (χ4n) is 0.131. The van der Waals surface area contributed by atoms with Gasteiger partial charge in [-0.1, -0.05) is 11.5 Å². The molecule has 0 saturated carbocycles. The first-order valence-electron chi connectivity index (χ1n) is 1.74. The molecule has 32 valence electrons. The molecule has 1 heteroatoms. The summed E-state index contributed by atoms with van der Waals surface area (Å²) in [6.07, 6.45) is 3.06. The molecule has 0 saturated heterocycles. The molecular formula is C5H7N. The Morgan fingerprint density at radius 1 is 1.50 bits per heavy atom. The number of hydrogen-bond acceptors (Lipinski definition) is 1. The lowest BCUT2D eigenvalue weighted by molar-refractivity contribution is 1.62. The molecule has 1 nitrogen and oxygen atoms in total. The maximum atomic E-state index is 4.90. The highest BCUT2D eigenvalue weighted by Gasteiger charge is 1.36. The number of allylic oxidation sites excluding steroid dienone is 1. The molecule has 0 amide bonds. The molecule has 0 fully saturated rings. The van der Waals surface area contributed by atoms with Gasteiger partial charge in [0.2, 0.25) is 0 Å². The van der Waals surface area contributed by atoms with Crippen molar-refractivity contribution >= 4 is 0 Å². The molecule has 0 aliphatic rings. The van der Waals surface area contributed by atoms with E-state index in [9.17, 15) is 0 Å². The molecule has 0 aromatic rings. The van der Waals surface area contributed by atoms with Gasteiger partial charge in [-0.15, -0.1) is 0 Å². The maximum Gasteiger partial charge on any atom is 0.0456 e. The summed E-state index contributed by atoms with van der Waals surface area (Å²) in [4.78, 5) is 0. The van der Waals surface area contributed by atoms with Crippen molar-refractivity contribution < 1.29 is 0 Å². The Bertz CT molecular complexity index is 87.1. The van der Waals surface area contributed by atoms with Crippen LogP contribution in [-0.4, -0.2) is 0 Å². The molecule has 0 aliphatic carbocycles. The van der Waals surface area contributed by atoms with Gasteiger partial charge in [-0.3, -0.25) is 0 Å². The van der Waals surface area contributed by atoms with Gasteiger partial charge in [-0.2, -0.15) is 0 Å². The number of hydrogen-bond donors (Lipinski definition) is 1. The molecular weight excluding hydrogens is 74.1 g/mol. The quantitative estimate of drug-likeness (QED) is 0.428.